The molecule has 0 N–H and O–H groups in total. The second kappa shape index (κ2) is 11.4. The maximum atomic E-state index is 2.73. The number of rotatable bonds is 3. The molecular weight excluding hydrogens is 685 g/mol. The molecule has 0 radical (unpaired) electrons. The summed E-state index contributed by atoms with van der Waals surface area (Å²) in [6.07, 6.45) is 11.0. The number of hydrogen-bond acceptors (Lipinski definition) is 2. The predicted molar refractivity (Wildman–Crippen MR) is 234 cm³/mol. The van der Waals surface area contributed by atoms with Gasteiger partial charge in [0.1, 0.15) is 0 Å². The Morgan fingerprint density at radius 3 is 2.27 bits per heavy atom. The largest absolute Gasteiger partial charge is 0.333 e. The van der Waals surface area contributed by atoms with E-state index in [9.17, 15) is 0 Å². The van der Waals surface area contributed by atoms with Crippen LogP contribution in [0.3, 0.4) is 0 Å². The third-order valence-electron chi connectivity index (χ3n) is 13.8. The van der Waals surface area contributed by atoms with Crippen LogP contribution in [0.15, 0.2) is 163 Å². The minimum Gasteiger partial charge on any atom is -0.333 e. The Kier molecular flexibility index (Phi) is 6.59. The van der Waals surface area contributed by atoms with Crippen molar-refractivity contribution in [1.29, 1.82) is 0 Å². The summed E-state index contributed by atoms with van der Waals surface area (Å²) in [7, 11) is 0. The van der Waals surface area contributed by atoms with E-state index < -0.39 is 0 Å². The van der Waals surface area contributed by atoms with Gasteiger partial charge in [-0.05, 0) is 82.3 Å². The summed E-state index contributed by atoms with van der Waals surface area (Å²) in [6, 6.07) is 50.7. The second-order valence-electron chi connectivity index (χ2n) is 16.8. The van der Waals surface area contributed by atoms with Gasteiger partial charge in [-0.25, -0.2) is 0 Å². The molecule has 0 spiro atoms. The Morgan fingerprint density at radius 1 is 0.655 bits per heavy atom. The fourth-order valence-corrected chi connectivity index (χ4v) is 12.8. The van der Waals surface area contributed by atoms with Crippen molar-refractivity contribution < 1.29 is 0 Å². The summed E-state index contributed by atoms with van der Waals surface area (Å²) in [6.45, 7) is 7.44. The van der Waals surface area contributed by atoms with E-state index >= 15 is 0 Å². The molecule has 8 aromatic rings. The number of aromatic nitrogens is 1. The van der Waals surface area contributed by atoms with Crippen molar-refractivity contribution in [3.63, 3.8) is 0 Å². The number of para-hydroxylation sites is 3. The van der Waals surface area contributed by atoms with Crippen LogP contribution in [0, 0.1) is 11.8 Å². The Hall–Kier alpha value is -5.64. The lowest BCUT2D eigenvalue weighted by molar-refractivity contribution is 0.256. The van der Waals surface area contributed by atoms with Gasteiger partial charge in [0.05, 0.1) is 22.8 Å². The average Bonchev–Trinajstić information content (AvgIpc) is 3.93. The Morgan fingerprint density at radius 2 is 1.38 bits per heavy atom. The molecule has 2 nitrogen and oxygen atoms in total. The number of thiophene rings is 1. The van der Waals surface area contributed by atoms with Gasteiger partial charge in [-0.1, -0.05) is 142 Å². The van der Waals surface area contributed by atoms with Crippen molar-refractivity contribution in [2.24, 2.45) is 11.8 Å². The molecule has 6 aromatic carbocycles. The minimum absolute atomic E-state index is 0.0634. The highest BCUT2D eigenvalue weighted by atomic mass is 32.1. The van der Waals surface area contributed by atoms with Gasteiger partial charge in [-0.2, -0.15) is 0 Å². The Balaban J connectivity index is 1.09. The highest BCUT2D eigenvalue weighted by Crippen LogP contribution is 2.63. The summed E-state index contributed by atoms with van der Waals surface area (Å²) in [5, 5.41) is 5.36. The molecule has 266 valence electrons. The zero-order valence-electron chi connectivity index (χ0n) is 31.4. The van der Waals surface area contributed by atoms with Gasteiger partial charge in [-0.3, -0.25) is 0 Å². The topological polar surface area (TPSA) is 8.17 Å². The van der Waals surface area contributed by atoms with Crippen molar-refractivity contribution in [3.8, 4) is 5.69 Å². The number of nitrogens with zero attached hydrogens (tertiary/aromatic N) is 2. The molecule has 3 heteroatoms. The minimum atomic E-state index is 0.0634. The van der Waals surface area contributed by atoms with Gasteiger partial charge in [0, 0.05) is 59.7 Å². The predicted octanol–water partition coefficient (Wildman–Crippen LogP) is 13.7. The molecule has 0 saturated heterocycles. The second-order valence-corrected chi connectivity index (χ2v) is 17.9. The van der Waals surface area contributed by atoms with Crippen LogP contribution in [0.2, 0.25) is 0 Å². The quantitative estimate of drug-likeness (QED) is 0.165. The summed E-state index contributed by atoms with van der Waals surface area (Å²) >= 11 is 1.93. The third-order valence-corrected chi connectivity index (χ3v) is 15.0. The van der Waals surface area contributed by atoms with Gasteiger partial charge in [0.25, 0.3) is 0 Å². The van der Waals surface area contributed by atoms with Crippen LogP contribution in [-0.2, 0) is 5.41 Å². The lowest BCUT2D eigenvalue weighted by atomic mass is 9.63. The first-order valence-corrected chi connectivity index (χ1v) is 20.8. The number of benzene rings is 6. The van der Waals surface area contributed by atoms with Gasteiger partial charge >= 0.3 is 0 Å². The standard InChI is InChI=1S/C52H42N2S/c1-31-15-14-25-43(54-41-23-11-6-19-37(41)48-44(54)29-27-34-32-16-4-9-21-39(32)52(2,3)50(34)48)47(31)36-18-5-10-22-40(36)53-42-24-12-7-20-38(42)49-45(53)30-28-35-33-17-8-13-26-46(33)55-51(35)49/h4-14,16-31,34,44,48,50H,15H2,1-3H3. The number of allylic oxidation sites excluding steroid dienone is 4. The van der Waals surface area contributed by atoms with Crippen molar-refractivity contribution in [1.82, 2.24) is 4.57 Å². The molecule has 5 unspecified atom stereocenters. The number of fused-ring (bicyclic) bond motifs is 14. The average molecular weight is 727 g/mol. The van der Waals surface area contributed by atoms with E-state index in [0.29, 0.717) is 23.7 Å². The Labute approximate surface area is 326 Å². The highest BCUT2D eigenvalue weighted by Gasteiger charge is 2.56. The van der Waals surface area contributed by atoms with Crippen molar-refractivity contribution >= 4 is 64.6 Å². The van der Waals surface area contributed by atoms with Gasteiger partial charge in [0.15, 0.2) is 0 Å². The van der Waals surface area contributed by atoms with Gasteiger partial charge in [-0.15, -0.1) is 11.3 Å². The summed E-state index contributed by atoms with van der Waals surface area (Å²) in [5.41, 5.74) is 13.8. The molecule has 3 aliphatic carbocycles. The van der Waals surface area contributed by atoms with Crippen LogP contribution < -0.4 is 4.90 Å². The molecule has 5 atom stereocenters. The highest BCUT2D eigenvalue weighted by molar-refractivity contribution is 7.26. The molecule has 0 fully saturated rings. The fourth-order valence-electron chi connectivity index (χ4n) is 11.6. The monoisotopic (exact) mass is 726 g/mol. The summed E-state index contributed by atoms with van der Waals surface area (Å²) in [4.78, 5) is 2.73. The van der Waals surface area contributed by atoms with E-state index in [1.807, 2.05) is 11.3 Å². The van der Waals surface area contributed by atoms with Crippen LogP contribution in [-0.4, -0.2) is 10.6 Å². The molecule has 2 aromatic heterocycles. The lowest BCUT2D eigenvalue weighted by Gasteiger charge is -2.43. The summed E-state index contributed by atoms with van der Waals surface area (Å²) in [5.74, 6) is 1.65. The van der Waals surface area contributed by atoms with E-state index in [-0.39, 0.29) is 11.5 Å². The van der Waals surface area contributed by atoms with Gasteiger partial charge < -0.3 is 9.47 Å². The number of anilines is 1. The van der Waals surface area contributed by atoms with Gasteiger partial charge in [0.2, 0.25) is 0 Å². The van der Waals surface area contributed by atoms with E-state index in [1.165, 1.54) is 86.9 Å². The molecule has 3 heterocycles. The fraction of sp³-hybridized carbons (Fsp3) is 0.192. The van der Waals surface area contributed by atoms with Crippen LogP contribution in [0.25, 0.3) is 53.2 Å². The molecule has 0 saturated carbocycles. The van der Waals surface area contributed by atoms with Crippen LogP contribution >= 0.6 is 11.3 Å². The summed E-state index contributed by atoms with van der Waals surface area (Å²) < 4.78 is 5.28. The van der Waals surface area contributed by atoms with E-state index in [2.05, 4.69) is 188 Å². The SMILES string of the molecule is CC1CC=CC(N2c3ccccc3C3C2C=CC2c4ccccc4C(C)(C)C23)=C1c1ccccc1-n1c2ccccc2c2c3sc4ccccc4c3ccc21. The molecule has 55 heavy (non-hydrogen) atoms. The maximum Gasteiger partial charge on any atom is 0.0595 e. The van der Waals surface area contributed by atoms with E-state index in [4.69, 9.17) is 0 Å². The zero-order valence-corrected chi connectivity index (χ0v) is 32.2. The Bertz CT molecular complexity index is 3000. The van der Waals surface area contributed by atoms with E-state index in [1.54, 1.807) is 0 Å². The molecule has 4 aliphatic rings. The first-order chi connectivity index (χ1) is 27.0. The normalized spacial score (nSPS) is 23.5. The molecule has 1 aliphatic heterocycles. The van der Waals surface area contributed by atoms with Crippen molar-refractivity contribution in [3.05, 3.63) is 186 Å². The van der Waals surface area contributed by atoms with E-state index in [0.717, 1.165) is 6.42 Å². The zero-order chi connectivity index (χ0) is 36.6. The lowest BCUT2D eigenvalue weighted by Crippen LogP contribution is -2.42. The molecular formula is C52H42N2S. The maximum absolute atomic E-state index is 2.73. The van der Waals surface area contributed by atoms with Crippen LogP contribution in [0.4, 0.5) is 5.69 Å². The first-order valence-electron chi connectivity index (χ1n) is 20.0. The van der Waals surface area contributed by atoms with Crippen LogP contribution in [0.1, 0.15) is 61.3 Å². The molecule has 0 bridgehead atoms. The smallest absolute Gasteiger partial charge is 0.0595 e. The van der Waals surface area contributed by atoms with Crippen LogP contribution in [0.5, 0.6) is 0 Å². The first kappa shape index (κ1) is 31.7. The third kappa shape index (κ3) is 4.20. The molecule has 0 amide bonds. The van der Waals surface area contributed by atoms with Crippen molar-refractivity contribution in [2.75, 3.05) is 4.90 Å². The van der Waals surface area contributed by atoms with Crippen molar-refractivity contribution in [2.45, 2.75) is 50.5 Å². The number of hydrogen-bond donors (Lipinski definition) is 0. The molecule has 12 rings (SSSR count).